The molecule has 0 radical (unpaired) electrons. The summed E-state index contributed by atoms with van der Waals surface area (Å²) in [5.41, 5.74) is 1.85. The number of halogens is 1. The summed E-state index contributed by atoms with van der Waals surface area (Å²) < 4.78 is 5.88. The van der Waals surface area contributed by atoms with Crippen LogP contribution in [0.5, 0.6) is 0 Å². The second-order valence-corrected chi connectivity index (χ2v) is 8.81. The molecule has 1 saturated carbocycles. The van der Waals surface area contributed by atoms with E-state index in [0.717, 1.165) is 68.5 Å². The zero-order valence-corrected chi connectivity index (χ0v) is 18.0. The summed E-state index contributed by atoms with van der Waals surface area (Å²) >= 11 is 6.09. The molecule has 1 aliphatic heterocycles. The van der Waals surface area contributed by atoms with E-state index >= 15 is 0 Å². The quantitative estimate of drug-likeness (QED) is 0.672. The van der Waals surface area contributed by atoms with Gasteiger partial charge >= 0.3 is 0 Å². The third kappa shape index (κ3) is 5.20. The number of hydrogen-bond donors (Lipinski definition) is 0. The van der Waals surface area contributed by atoms with Crippen LogP contribution in [0.1, 0.15) is 50.0 Å². The molecule has 29 heavy (non-hydrogen) atoms. The molecule has 2 heterocycles. The summed E-state index contributed by atoms with van der Waals surface area (Å²) in [6, 6.07) is 7.57. The predicted octanol–water partition coefficient (Wildman–Crippen LogP) is 4.92. The van der Waals surface area contributed by atoms with Crippen LogP contribution in [0, 0.1) is 12.8 Å². The Hall–Kier alpha value is -1.85. The fourth-order valence-electron chi connectivity index (χ4n) is 4.47. The van der Waals surface area contributed by atoms with Crippen molar-refractivity contribution in [2.24, 2.45) is 5.92 Å². The zero-order valence-electron chi connectivity index (χ0n) is 17.2. The lowest BCUT2D eigenvalue weighted by Gasteiger charge is -2.34. The van der Waals surface area contributed by atoms with Crippen LogP contribution in [0.25, 0.3) is 11.5 Å². The minimum Gasteiger partial charge on any atom is -0.441 e. The number of aromatic nitrogens is 1. The van der Waals surface area contributed by atoms with Gasteiger partial charge in [0.2, 0.25) is 11.8 Å². The molecule has 4 rings (SSSR count). The zero-order chi connectivity index (χ0) is 20.2. The molecule has 1 saturated heterocycles. The molecular formula is C23H30ClN3O2. The molecule has 5 nitrogen and oxygen atoms in total. The molecule has 0 bridgehead atoms. The van der Waals surface area contributed by atoms with Gasteiger partial charge < -0.3 is 9.32 Å². The second-order valence-electron chi connectivity index (χ2n) is 8.38. The number of nitrogens with zero attached hydrogens (tertiary/aromatic N) is 3. The monoisotopic (exact) mass is 415 g/mol. The van der Waals surface area contributed by atoms with Gasteiger partial charge in [0.1, 0.15) is 5.76 Å². The molecule has 0 spiro atoms. The fourth-order valence-corrected chi connectivity index (χ4v) is 4.66. The van der Waals surface area contributed by atoms with Gasteiger partial charge in [-0.15, -0.1) is 0 Å². The average molecular weight is 416 g/mol. The molecule has 0 unspecified atom stereocenters. The number of amides is 1. The van der Waals surface area contributed by atoms with Crippen molar-refractivity contribution < 1.29 is 9.21 Å². The lowest BCUT2D eigenvalue weighted by atomic mass is 10.0. The summed E-state index contributed by atoms with van der Waals surface area (Å²) in [6.07, 6.45) is 7.11. The number of carbonyl (C=O) groups is 1. The summed E-state index contributed by atoms with van der Waals surface area (Å²) in [5.74, 6) is 2.57. The molecule has 1 aliphatic carbocycles. The topological polar surface area (TPSA) is 49.6 Å². The Kier molecular flexibility index (Phi) is 6.56. The molecule has 2 aromatic rings. The van der Waals surface area contributed by atoms with Crippen molar-refractivity contribution in [3.8, 4) is 11.5 Å². The SMILES string of the molecule is Cc1oc(-c2cccc(Cl)c2)nc1CN1CCN(C(=O)CCC2CCCC2)CC1. The standard InChI is InChI=1S/C23H30ClN3O2/c1-17-21(25-23(29-17)19-7-4-8-20(24)15-19)16-26-11-13-27(14-12-26)22(28)10-9-18-5-2-3-6-18/h4,7-8,15,18H,2-3,5-6,9-14,16H2,1H3. The Morgan fingerprint density at radius 3 is 2.69 bits per heavy atom. The van der Waals surface area contributed by atoms with Gasteiger partial charge in [-0.2, -0.15) is 0 Å². The number of rotatable bonds is 6. The highest BCUT2D eigenvalue weighted by atomic mass is 35.5. The minimum atomic E-state index is 0.331. The van der Waals surface area contributed by atoms with Gasteiger partial charge in [-0.05, 0) is 37.5 Å². The van der Waals surface area contributed by atoms with Gasteiger partial charge in [-0.1, -0.05) is 43.4 Å². The van der Waals surface area contributed by atoms with Gasteiger partial charge in [-0.3, -0.25) is 9.69 Å². The normalized spacial score (nSPS) is 18.5. The molecule has 156 valence electrons. The Morgan fingerprint density at radius 2 is 1.97 bits per heavy atom. The van der Waals surface area contributed by atoms with Crippen LogP contribution < -0.4 is 0 Å². The average Bonchev–Trinajstić information content (AvgIpc) is 3.37. The van der Waals surface area contributed by atoms with E-state index in [1.165, 1.54) is 25.7 Å². The van der Waals surface area contributed by atoms with Crippen molar-refractivity contribution in [1.82, 2.24) is 14.8 Å². The van der Waals surface area contributed by atoms with Crippen molar-refractivity contribution in [1.29, 1.82) is 0 Å². The van der Waals surface area contributed by atoms with E-state index in [4.69, 9.17) is 21.0 Å². The molecule has 0 N–H and O–H groups in total. The Morgan fingerprint density at radius 1 is 1.21 bits per heavy atom. The van der Waals surface area contributed by atoms with E-state index in [-0.39, 0.29) is 0 Å². The molecule has 1 aromatic carbocycles. The van der Waals surface area contributed by atoms with Crippen LogP contribution in [0.2, 0.25) is 5.02 Å². The van der Waals surface area contributed by atoms with Crippen molar-refractivity contribution in [3.63, 3.8) is 0 Å². The number of piperazine rings is 1. The molecule has 0 atom stereocenters. The van der Waals surface area contributed by atoms with Crippen LogP contribution in [0.4, 0.5) is 0 Å². The van der Waals surface area contributed by atoms with E-state index < -0.39 is 0 Å². The molecule has 2 aliphatic rings. The highest BCUT2D eigenvalue weighted by molar-refractivity contribution is 6.30. The Labute approximate surface area is 178 Å². The number of aryl methyl sites for hydroxylation is 1. The molecular weight excluding hydrogens is 386 g/mol. The molecule has 1 aromatic heterocycles. The number of oxazole rings is 1. The lowest BCUT2D eigenvalue weighted by Crippen LogP contribution is -2.48. The summed E-state index contributed by atoms with van der Waals surface area (Å²) in [7, 11) is 0. The lowest BCUT2D eigenvalue weighted by molar-refractivity contribution is -0.133. The first-order valence-electron chi connectivity index (χ1n) is 10.8. The molecule has 1 amide bonds. The first-order valence-corrected chi connectivity index (χ1v) is 11.2. The third-order valence-electron chi connectivity index (χ3n) is 6.30. The van der Waals surface area contributed by atoms with E-state index in [0.29, 0.717) is 16.8 Å². The summed E-state index contributed by atoms with van der Waals surface area (Å²) in [4.78, 5) is 21.6. The largest absolute Gasteiger partial charge is 0.441 e. The van der Waals surface area contributed by atoms with Crippen LogP contribution >= 0.6 is 11.6 Å². The maximum Gasteiger partial charge on any atom is 0.226 e. The highest BCUT2D eigenvalue weighted by Gasteiger charge is 2.24. The summed E-state index contributed by atoms with van der Waals surface area (Å²) in [5, 5.41) is 0.675. The molecule has 2 fully saturated rings. The Bertz CT molecular complexity index is 836. The number of carbonyl (C=O) groups excluding carboxylic acids is 1. The molecule has 6 heteroatoms. The number of hydrogen-bond acceptors (Lipinski definition) is 4. The van der Waals surface area contributed by atoms with E-state index in [1.54, 1.807) is 0 Å². The first kappa shape index (κ1) is 20.4. The number of benzene rings is 1. The second kappa shape index (κ2) is 9.31. The predicted molar refractivity (Wildman–Crippen MR) is 115 cm³/mol. The van der Waals surface area contributed by atoms with Crippen molar-refractivity contribution in [3.05, 3.63) is 40.7 Å². The van der Waals surface area contributed by atoms with Gasteiger partial charge in [-0.25, -0.2) is 4.98 Å². The maximum atomic E-state index is 12.5. The fraction of sp³-hybridized carbons (Fsp3) is 0.565. The maximum absolute atomic E-state index is 12.5. The Balaban J connectivity index is 1.28. The van der Waals surface area contributed by atoms with E-state index in [1.807, 2.05) is 36.1 Å². The summed E-state index contributed by atoms with van der Waals surface area (Å²) in [6.45, 7) is 6.09. The van der Waals surface area contributed by atoms with Gasteiger partial charge in [0.25, 0.3) is 0 Å². The third-order valence-corrected chi connectivity index (χ3v) is 6.54. The minimum absolute atomic E-state index is 0.331. The van der Waals surface area contributed by atoms with E-state index in [2.05, 4.69) is 4.90 Å². The van der Waals surface area contributed by atoms with Crippen LogP contribution in [-0.4, -0.2) is 46.9 Å². The first-order chi connectivity index (χ1) is 14.1. The van der Waals surface area contributed by atoms with Gasteiger partial charge in [0.05, 0.1) is 5.69 Å². The highest BCUT2D eigenvalue weighted by Crippen LogP contribution is 2.29. The van der Waals surface area contributed by atoms with Crippen LogP contribution in [0.3, 0.4) is 0 Å². The van der Waals surface area contributed by atoms with Crippen LogP contribution in [-0.2, 0) is 11.3 Å². The smallest absolute Gasteiger partial charge is 0.226 e. The van der Waals surface area contributed by atoms with Gasteiger partial charge in [0.15, 0.2) is 0 Å². The van der Waals surface area contributed by atoms with Crippen LogP contribution in [0.15, 0.2) is 28.7 Å². The van der Waals surface area contributed by atoms with Crippen molar-refractivity contribution in [2.45, 2.75) is 52.0 Å². The van der Waals surface area contributed by atoms with E-state index in [9.17, 15) is 4.79 Å². The van der Waals surface area contributed by atoms with Crippen molar-refractivity contribution in [2.75, 3.05) is 26.2 Å². The van der Waals surface area contributed by atoms with Crippen molar-refractivity contribution >= 4 is 17.5 Å². The van der Waals surface area contributed by atoms with Gasteiger partial charge in [0, 0.05) is 49.7 Å².